The van der Waals surface area contributed by atoms with Crippen LogP contribution in [-0.2, 0) is 4.79 Å². The monoisotopic (exact) mass is 491 g/mol. The number of anilines is 3. The SMILES string of the molecule is Cc1ccc2c(c1)C(=NNc1cccc(-c3cccc(C(=O)O)c3)c1O)C(=O)N2c1ccc(C)c(C)c1. The van der Waals surface area contributed by atoms with E-state index in [4.69, 9.17) is 0 Å². The van der Waals surface area contributed by atoms with Gasteiger partial charge in [-0.2, -0.15) is 5.10 Å². The van der Waals surface area contributed by atoms with Gasteiger partial charge in [-0.05, 0) is 79.9 Å². The number of benzene rings is 4. The third-order valence-corrected chi connectivity index (χ3v) is 6.55. The third kappa shape index (κ3) is 4.31. The Kier molecular flexibility index (Phi) is 5.97. The van der Waals surface area contributed by atoms with Gasteiger partial charge in [-0.3, -0.25) is 15.1 Å². The molecule has 1 aliphatic heterocycles. The maximum absolute atomic E-state index is 13.6. The van der Waals surface area contributed by atoms with Gasteiger partial charge >= 0.3 is 5.97 Å². The molecule has 0 radical (unpaired) electrons. The van der Waals surface area contributed by atoms with Crippen molar-refractivity contribution in [3.8, 4) is 16.9 Å². The van der Waals surface area contributed by atoms with Crippen LogP contribution in [0.25, 0.3) is 11.1 Å². The summed E-state index contributed by atoms with van der Waals surface area (Å²) in [6, 6.07) is 23.0. The second-order valence-electron chi connectivity index (χ2n) is 9.09. The Hall–Kier alpha value is -4.91. The van der Waals surface area contributed by atoms with Crippen LogP contribution in [0.5, 0.6) is 5.75 Å². The fourth-order valence-electron chi connectivity index (χ4n) is 4.40. The lowest BCUT2D eigenvalue weighted by molar-refractivity contribution is -0.111. The van der Waals surface area contributed by atoms with Crippen molar-refractivity contribution in [3.63, 3.8) is 0 Å². The summed E-state index contributed by atoms with van der Waals surface area (Å²) in [7, 11) is 0. The Morgan fingerprint density at radius 3 is 2.41 bits per heavy atom. The van der Waals surface area contributed by atoms with E-state index in [-0.39, 0.29) is 28.6 Å². The molecule has 5 rings (SSSR count). The zero-order valence-corrected chi connectivity index (χ0v) is 20.6. The van der Waals surface area contributed by atoms with E-state index in [9.17, 15) is 19.8 Å². The van der Waals surface area contributed by atoms with E-state index >= 15 is 0 Å². The quantitative estimate of drug-likeness (QED) is 0.229. The van der Waals surface area contributed by atoms with E-state index in [0.29, 0.717) is 16.7 Å². The number of aromatic hydroxyl groups is 1. The summed E-state index contributed by atoms with van der Waals surface area (Å²) >= 11 is 0. The molecular formula is C30H25N3O4. The highest BCUT2D eigenvalue weighted by atomic mass is 16.4. The normalized spacial score (nSPS) is 13.6. The number of nitrogens with zero attached hydrogens (tertiary/aromatic N) is 2. The number of hydrogen-bond acceptors (Lipinski definition) is 5. The molecule has 0 saturated heterocycles. The average Bonchev–Trinajstić information content (AvgIpc) is 3.15. The van der Waals surface area contributed by atoms with Crippen LogP contribution in [0.4, 0.5) is 17.1 Å². The number of carbonyl (C=O) groups is 2. The molecular weight excluding hydrogens is 466 g/mol. The first kappa shape index (κ1) is 23.8. The summed E-state index contributed by atoms with van der Waals surface area (Å²) in [5, 5.41) is 24.7. The molecule has 184 valence electrons. The molecule has 1 amide bonds. The average molecular weight is 492 g/mol. The molecule has 0 fully saturated rings. The molecule has 0 aromatic heterocycles. The Labute approximate surface area is 214 Å². The van der Waals surface area contributed by atoms with E-state index in [0.717, 1.165) is 28.1 Å². The van der Waals surface area contributed by atoms with Crippen LogP contribution >= 0.6 is 0 Å². The Bertz CT molecular complexity index is 1610. The summed E-state index contributed by atoms with van der Waals surface area (Å²) in [4.78, 5) is 26.6. The lowest BCUT2D eigenvalue weighted by Gasteiger charge is -2.18. The van der Waals surface area contributed by atoms with Crippen molar-refractivity contribution >= 4 is 34.7 Å². The molecule has 0 unspecified atom stereocenters. The van der Waals surface area contributed by atoms with Gasteiger partial charge in [0, 0.05) is 16.8 Å². The highest BCUT2D eigenvalue weighted by Gasteiger charge is 2.35. The molecule has 0 spiro atoms. The second kappa shape index (κ2) is 9.28. The first-order valence-corrected chi connectivity index (χ1v) is 11.8. The fraction of sp³-hybridized carbons (Fsp3) is 0.100. The Balaban J connectivity index is 1.53. The summed E-state index contributed by atoms with van der Waals surface area (Å²) < 4.78 is 0. The minimum absolute atomic E-state index is 0.102. The van der Waals surface area contributed by atoms with E-state index in [1.165, 1.54) is 12.1 Å². The molecule has 4 aromatic rings. The molecule has 1 aliphatic rings. The standard InChI is InChI=1S/C30H25N3O4/c1-17-10-13-26-24(14-17)27(29(35)33(26)22-12-11-18(2)19(3)15-22)32-31-25-9-5-8-23(28(25)34)20-6-4-7-21(16-20)30(36)37/h4-16,31,34H,1-3H3,(H,36,37). The van der Waals surface area contributed by atoms with Gasteiger partial charge in [0.1, 0.15) is 5.75 Å². The van der Waals surface area contributed by atoms with Crippen molar-refractivity contribution in [3.05, 3.63) is 107 Å². The topological polar surface area (TPSA) is 102 Å². The number of phenols is 1. The van der Waals surface area contributed by atoms with Crippen LogP contribution in [0.3, 0.4) is 0 Å². The number of amides is 1. The molecule has 3 N–H and O–H groups in total. The number of nitrogens with one attached hydrogen (secondary N) is 1. The summed E-state index contributed by atoms with van der Waals surface area (Å²) in [5.41, 5.74) is 9.89. The van der Waals surface area contributed by atoms with Crippen molar-refractivity contribution in [2.24, 2.45) is 5.10 Å². The molecule has 0 bridgehead atoms. The van der Waals surface area contributed by atoms with Gasteiger partial charge < -0.3 is 10.2 Å². The van der Waals surface area contributed by atoms with Gasteiger partial charge in [-0.1, -0.05) is 42.0 Å². The highest BCUT2D eigenvalue weighted by Crippen LogP contribution is 2.38. The number of carbonyl (C=O) groups excluding carboxylic acids is 1. The zero-order chi connectivity index (χ0) is 26.3. The number of aryl methyl sites for hydroxylation is 3. The number of hydrogen-bond donors (Lipinski definition) is 3. The van der Waals surface area contributed by atoms with Crippen molar-refractivity contribution < 1.29 is 19.8 Å². The molecule has 7 heteroatoms. The van der Waals surface area contributed by atoms with Crippen molar-refractivity contribution in [1.82, 2.24) is 0 Å². The van der Waals surface area contributed by atoms with Crippen LogP contribution in [0, 0.1) is 20.8 Å². The highest BCUT2D eigenvalue weighted by molar-refractivity contribution is 6.55. The first-order valence-electron chi connectivity index (χ1n) is 11.8. The van der Waals surface area contributed by atoms with E-state index < -0.39 is 5.97 Å². The summed E-state index contributed by atoms with van der Waals surface area (Å²) in [6.45, 7) is 5.99. The lowest BCUT2D eigenvalue weighted by Crippen LogP contribution is -2.26. The molecule has 1 heterocycles. The van der Waals surface area contributed by atoms with Crippen LogP contribution in [0.15, 0.2) is 84.0 Å². The van der Waals surface area contributed by atoms with Gasteiger partial charge in [-0.15, -0.1) is 0 Å². The minimum atomic E-state index is -1.05. The molecule has 0 saturated carbocycles. The Morgan fingerprint density at radius 1 is 0.865 bits per heavy atom. The van der Waals surface area contributed by atoms with E-state index in [1.54, 1.807) is 35.2 Å². The largest absolute Gasteiger partial charge is 0.505 e. The number of fused-ring (bicyclic) bond motifs is 1. The molecule has 4 aromatic carbocycles. The van der Waals surface area contributed by atoms with Gasteiger partial charge in [0.05, 0.1) is 16.9 Å². The molecule has 0 atom stereocenters. The van der Waals surface area contributed by atoms with Crippen LogP contribution in [-0.4, -0.2) is 27.8 Å². The third-order valence-electron chi connectivity index (χ3n) is 6.55. The van der Waals surface area contributed by atoms with Crippen molar-refractivity contribution in [1.29, 1.82) is 0 Å². The maximum atomic E-state index is 13.6. The van der Waals surface area contributed by atoms with Crippen molar-refractivity contribution in [2.45, 2.75) is 20.8 Å². The molecule has 7 nitrogen and oxygen atoms in total. The predicted octanol–water partition coefficient (Wildman–Crippen LogP) is 6.18. The van der Waals surface area contributed by atoms with Crippen molar-refractivity contribution in [2.75, 3.05) is 10.3 Å². The fourth-order valence-corrected chi connectivity index (χ4v) is 4.40. The van der Waals surface area contributed by atoms with E-state index in [2.05, 4.69) is 10.5 Å². The number of phenolic OH excluding ortho intramolecular Hbond substituents is 1. The lowest BCUT2D eigenvalue weighted by atomic mass is 10.0. The second-order valence-corrected chi connectivity index (χ2v) is 9.09. The van der Waals surface area contributed by atoms with E-state index in [1.807, 2.05) is 57.2 Å². The van der Waals surface area contributed by atoms with Gasteiger partial charge in [0.25, 0.3) is 5.91 Å². The zero-order valence-electron chi connectivity index (χ0n) is 20.6. The molecule has 0 aliphatic carbocycles. The van der Waals surface area contributed by atoms with Crippen LogP contribution in [0.2, 0.25) is 0 Å². The predicted molar refractivity (Wildman–Crippen MR) is 145 cm³/mol. The smallest absolute Gasteiger partial charge is 0.335 e. The number of para-hydroxylation sites is 1. The van der Waals surface area contributed by atoms with Gasteiger partial charge in [0.15, 0.2) is 5.71 Å². The Morgan fingerprint density at radius 2 is 1.65 bits per heavy atom. The number of hydrazone groups is 1. The maximum Gasteiger partial charge on any atom is 0.335 e. The first-order chi connectivity index (χ1) is 17.7. The van der Waals surface area contributed by atoms with Gasteiger partial charge in [0.2, 0.25) is 0 Å². The summed E-state index contributed by atoms with van der Waals surface area (Å²) in [6.07, 6.45) is 0. The van der Waals surface area contributed by atoms with Crippen LogP contribution in [0.1, 0.15) is 32.6 Å². The van der Waals surface area contributed by atoms with Gasteiger partial charge in [-0.25, -0.2) is 4.79 Å². The number of rotatable bonds is 5. The summed E-state index contributed by atoms with van der Waals surface area (Å²) in [5.74, 6) is -1.43. The minimum Gasteiger partial charge on any atom is -0.505 e. The number of aromatic carboxylic acids is 1. The van der Waals surface area contributed by atoms with Crippen LogP contribution < -0.4 is 10.3 Å². The number of carboxylic acid groups (broad SMARTS) is 1. The molecule has 37 heavy (non-hydrogen) atoms. The number of carboxylic acids is 1.